The Bertz CT molecular complexity index is 213. The molecule has 0 aliphatic carbocycles. The average molecular weight is 217 g/mol. The molecule has 0 amide bonds. The van der Waals surface area contributed by atoms with Crippen molar-refractivity contribution in [2.75, 3.05) is 19.8 Å². The van der Waals surface area contributed by atoms with E-state index in [2.05, 4.69) is 12.2 Å². The molecule has 3 N–H and O–H groups in total. The van der Waals surface area contributed by atoms with Crippen molar-refractivity contribution in [3.05, 3.63) is 0 Å². The summed E-state index contributed by atoms with van der Waals surface area (Å²) in [7, 11) is 0. The van der Waals surface area contributed by atoms with Crippen molar-refractivity contribution in [1.29, 1.82) is 0 Å². The van der Waals surface area contributed by atoms with E-state index >= 15 is 0 Å². The second-order valence-corrected chi connectivity index (χ2v) is 4.31. The van der Waals surface area contributed by atoms with E-state index in [-0.39, 0.29) is 12.0 Å². The highest BCUT2D eigenvalue weighted by molar-refractivity contribution is 5.67. The summed E-state index contributed by atoms with van der Waals surface area (Å²) in [6, 6.07) is 0. The third-order valence-electron chi connectivity index (χ3n) is 2.77. The fraction of sp³-hybridized carbons (Fsp3) is 0.900. The largest absolute Gasteiger partial charge is 0.481 e. The SMILES string of the molecule is CC1(NCC(O)CC(=O)O)CCOCC1. The van der Waals surface area contributed by atoms with Gasteiger partial charge in [-0.25, -0.2) is 0 Å². The maximum absolute atomic E-state index is 10.3. The molecule has 5 nitrogen and oxygen atoms in total. The standard InChI is InChI=1S/C10H19NO4/c1-10(2-4-15-5-3-10)11-7-8(12)6-9(13)14/h8,11-12H,2-7H2,1H3,(H,13,14). The zero-order valence-corrected chi connectivity index (χ0v) is 9.03. The van der Waals surface area contributed by atoms with Crippen molar-refractivity contribution in [2.45, 2.75) is 37.8 Å². The summed E-state index contributed by atoms with van der Waals surface area (Å²) in [4.78, 5) is 10.3. The van der Waals surface area contributed by atoms with Crippen LogP contribution in [0.3, 0.4) is 0 Å². The Hall–Kier alpha value is -0.650. The third-order valence-corrected chi connectivity index (χ3v) is 2.77. The van der Waals surface area contributed by atoms with Gasteiger partial charge in [-0.3, -0.25) is 4.79 Å². The third kappa shape index (κ3) is 4.59. The number of carbonyl (C=O) groups is 1. The number of ether oxygens (including phenoxy) is 1. The predicted octanol–water partition coefficient (Wildman–Crippen LogP) is -0.0193. The van der Waals surface area contributed by atoms with Gasteiger partial charge in [0.25, 0.3) is 0 Å². The molecule has 1 fully saturated rings. The second kappa shape index (κ2) is 5.44. The molecule has 1 saturated heterocycles. The van der Waals surface area contributed by atoms with Gasteiger partial charge in [-0.05, 0) is 19.8 Å². The van der Waals surface area contributed by atoms with Gasteiger partial charge in [-0.15, -0.1) is 0 Å². The molecule has 1 heterocycles. The molecule has 1 aliphatic heterocycles. The van der Waals surface area contributed by atoms with Crippen LogP contribution in [0.1, 0.15) is 26.2 Å². The minimum atomic E-state index is -0.971. The summed E-state index contributed by atoms with van der Waals surface area (Å²) in [5, 5.41) is 21.1. The first-order valence-electron chi connectivity index (χ1n) is 5.24. The number of hydrogen-bond donors (Lipinski definition) is 3. The average Bonchev–Trinajstić information content (AvgIpc) is 2.15. The Kier molecular flexibility index (Phi) is 4.50. The topological polar surface area (TPSA) is 78.8 Å². The first-order chi connectivity index (χ1) is 7.02. The molecule has 0 aromatic carbocycles. The van der Waals surface area contributed by atoms with E-state index in [4.69, 9.17) is 9.84 Å². The van der Waals surface area contributed by atoms with Gasteiger partial charge in [-0.2, -0.15) is 0 Å². The van der Waals surface area contributed by atoms with E-state index in [9.17, 15) is 9.90 Å². The monoisotopic (exact) mass is 217 g/mol. The maximum Gasteiger partial charge on any atom is 0.306 e. The second-order valence-electron chi connectivity index (χ2n) is 4.31. The zero-order valence-electron chi connectivity index (χ0n) is 9.03. The number of nitrogens with one attached hydrogen (secondary N) is 1. The fourth-order valence-corrected chi connectivity index (χ4v) is 1.64. The number of aliphatic carboxylic acids is 1. The Balaban J connectivity index is 2.25. The molecule has 0 spiro atoms. The molecule has 1 unspecified atom stereocenters. The van der Waals surface area contributed by atoms with Crippen molar-refractivity contribution in [1.82, 2.24) is 5.32 Å². The normalized spacial score (nSPS) is 22.3. The van der Waals surface area contributed by atoms with E-state index in [0.717, 1.165) is 26.1 Å². The van der Waals surface area contributed by atoms with E-state index in [1.54, 1.807) is 0 Å². The van der Waals surface area contributed by atoms with Crippen molar-refractivity contribution in [3.8, 4) is 0 Å². The highest BCUT2D eigenvalue weighted by Crippen LogP contribution is 2.19. The van der Waals surface area contributed by atoms with Crippen LogP contribution in [0.25, 0.3) is 0 Å². The molecule has 0 radical (unpaired) electrons. The lowest BCUT2D eigenvalue weighted by atomic mass is 9.92. The molecule has 5 heteroatoms. The van der Waals surface area contributed by atoms with Gasteiger partial charge >= 0.3 is 5.97 Å². The fourth-order valence-electron chi connectivity index (χ4n) is 1.64. The Labute approximate surface area is 89.4 Å². The van der Waals surface area contributed by atoms with Crippen LogP contribution in [0.15, 0.2) is 0 Å². The minimum absolute atomic E-state index is 0.0300. The molecular formula is C10H19NO4. The molecule has 0 aromatic rings. The Morgan fingerprint density at radius 1 is 1.53 bits per heavy atom. The molecule has 88 valence electrons. The molecule has 15 heavy (non-hydrogen) atoms. The van der Waals surface area contributed by atoms with E-state index in [0.29, 0.717) is 6.54 Å². The summed E-state index contributed by atoms with van der Waals surface area (Å²) in [6.07, 6.45) is 0.765. The first kappa shape index (κ1) is 12.4. The number of carboxylic acids is 1. The summed E-state index contributed by atoms with van der Waals surface area (Å²) >= 11 is 0. The van der Waals surface area contributed by atoms with Crippen LogP contribution in [0.4, 0.5) is 0 Å². The van der Waals surface area contributed by atoms with Gasteiger partial charge in [0.2, 0.25) is 0 Å². The van der Waals surface area contributed by atoms with Gasteiger partial charge in [0.15, 0.2) is 0 Å². The van der Waals surface area contributed by atoms with Gasteiger partial charge in [-0.1, -0.05) is 0 Å². The lowest BCUT2D eigenvalue weighted by Gasteiger charge is -2.35. The van der Waals surface area contributed by atoms with Gasteiger partial charge in [0, 0.05) is 25.3 Å². The molecule has 1 rings (SSSR count). The number of carboxylic acid groups (broad SMARTS) is 1. The van der Waals surface area contributed by atoms with E-state index in [1.165, 1.54) is 0 Å². The van der Waals surface area contributed by atoms with Crippen LogP contribution < -0.4 is 5.32 Å². The van der Waals surface area contributed by atoms with Crippen LogP contribution in [0, 0.1) is 0 Å². The molecular weight excluding hydrogens is 198 g/mol. The lowest BCUT2D eigenvalue weighted by Crippen LogP contribution is -2.49. The highest BCUT2D eigenvalue weighted by Gasteiger charge is 2.27. The molecule has 0 saturated carbocycles. The van der Waals surface area contributed by atoms with Crippen LogP contribution in [0.2, 0.25) is 0 Å². The predicted molar refractivity (Wildman–Crippen MR) is 54.7 cm³/mol. The molecule has 1 aliphatic rings. The number of β-amino-alcohol motifs (C(OH)–C–C–N with tert-alkyl or cyclic N) is 1. The van der Waals surface area contributed by atoms with Crippen LogP contribution in [-0.4, -0.2) is 47.6 Å². The van der Waals surface area contributed by atoms with E-state index < -0.39 is 12.1 Å². The number of rotatable bonds is 5. The van der Waals surface area contributed by atoms with Gasteiger partial charge in [0.1, 0.15) is 0 Å². The van der Waals surface area contributed by atoms with Crippen molar-refractivity contribution in [2.24, 2.45) is 0 Å². The number of hydrogen-bond acceptors (Lipinski definition) is 4. The quantitative estimate of drug-likeness (QED) is 0.603. The molecule has 0 aromatic heterocycles. The molecule has 1 atom stereocenters. The van der Waals surface area contributed by atoms with Crippen LogP contribution >= 0.6 is 0 Å². The minimum Gasteiger partial charge on any atom is -0.481 e. The van der Waals surface area contributed by atoms with Gasteiger partial charge in [0.05, 0.1) is 12.5 Å². The highest BCUT2D eigenvalue weighted by atomic mass is 16.5. The zero-order chi connectivity index (χ0) is 11.3. The van der Waals surface area contributed by atoms with Gasteiger partial charge < -0.3 is 20.3 Å². The summed E-state index contributed by atoms with van der Waals surface area (Å²) < 4.78 is 5.24. The Morgan fingerprint density at radius 2 is 2.13 bits per heavy atom. The number of aliphatic hydroxyl groups is 1. The summed E-state index contributed by atoms with van der Waals surface area (Å²) in [6.45, 7) is 3.84. The van der Waals surface area contributed by atoms with Crippen LogP contribution in [-0.2, 0) is 9.53 Å². The van der Waals surface area contributed by atoms with Crippen LogP contribution in [0.5, 0.6) is 0 Å². The summed E-state index contributed by atoms with van der Waals surface area (Å²) in [5.74, 6) is -0.971. The first-order valence-corrected chi connectivity index (χ1v) is 5.24. The maximum atomic E-state index is 10.3. The van der Waals surface area contributed by atoms with Crippen molar-refractivity contribution < 1.29 is 19.7 Å². The Morgan fingerprint density at radius 3 is 2.67 bits per heavy atom. The molecule has 0 bridgehead atoms. The van der Waals surface area contributed by atoms with Crippen molar-refractivity contribution >= 4 is 5.97 Å². The number of aliphatic hydroxyl groups excluding tert-OH is 1. The van der Waals surface area contributed by atoms with E-state index in [1.807, 2.05) is 0 Å². The smallest absolute Gasteiger partial charge is 0.306 e. The lowest BCUT2D eigenvalue weighted by molar-refractivity contribution is -0.139. The summed E-state index contributed by atoms with van der Waals surface area (Å²) in [5.41, 5.74) is -0.0300. The van der Waals surface area contributed by atoms with Crippen molar-refractivity contribution in [3.63, 3.8) is 0 Å².